The van der Waals surface area contributed by atoms with Crippen molar-refractivity contribution in [3.05, 3.63) is 81.5 Å². The number of hydrogen-bond acceptors (Lipinski definition) is 6. The molecule has 0 saturated carbocycles. The summed E-state index contributed by atoms with van der Waals surface area (Å²) in [5, 5.41) is 14.0. The van der Waals surface area contributed by atoms with Crippen molar-refractivity contribution in [2.75, 3.05) is 31.1 Å². The van der Waals surface area contributed by atoms with E-state index in [1.54, 1.807) is 12.1 Å². The number of nitro groups is 1. The molecule has 2 heterocycles. The number of hydrogen-bond donors (Lipinski definition) is 1. The number of aryl methyl sites for hydroxylation is 1. The van der Waals surface area contributed by atoms with Gasteiger partial charge in [0, 0.05) is 67.6 Å². The molecular formula is C26H30N6O3. The molecule has 1 aliphatic heterocycles. The van der Waals surface area contributed by atoms with Crippen LogP contribution in [0.2, 0.25) is 0 Å². The Bertz CT molecular complexity index is 1190. The predicted octanol–water partition coefficient (Wildman–Crippen LogP) is 4.19. The van der Waals surface area contributed by atoms with Crippen molar-refractivity contribution >= 4 is 17.5 Å². The molecule has 4 rings (SSSR count). The third-order valence-corrected chi connectivity index (χ3v) is 6.03. The topological polar surface area (TPSA) is 104 Å². The van der Waals surface area contributed by atoms with E-state index in [0.717, 1.165) is 28.2 Å². The largest absolute Gasteiger partial charge is 0.353 e. The molecule has 1 saturated heterocycles. The maximum absolute atomic E-state index is 12.5. The van der Waals surface area contributed by atoms with Crippen LogP contribution in [-0.4, -0.2) is 58.0 Å². The molecule has 0 unspecified atom stereocenters. The lowest BCUT2D eigenvalue weighted by atomic mass is 10.0. The molecule has 2 amide bonds. The molecule has 2 aromatic carbocycles. The van der Waals surface area contributed by atoms with Gasteiger partial charge >= 0.3 is 6.03 Å². The number of benzene rings is 2. The molecule has 35 heavy (non-hydrogen) atoms. The highest BCUT2D eigenvalue weighted by Gasteiger charge is 2.25. The Hall–Kier alpha value is -4.01. The molecule has 1 N–H and O–H groups in total. The molecule has 0 atom stereocenters. The first-order valence-electron chi connectivity index (χ1n) is 11.8. The second-order valence-corrected chi connectivity index (χ2v) is 8.98. The van der Waals surface area contributed by atoms with Crippen LogP contribution in [0.5, 0.6) is 0 Å². The lowest BCUT2D eigenvalue weighted by molar-refractivity contribution is -0.384. The summed E-state index contributed by atoms with van der Waals surface area (Å²) in [6.07, 6.45) is 0.558. The minimum atomic E-state index is -0.396. The minimum absolute atomic E-state index is 0.0467. The number of anilines is 1. The van der Waals surface area contributed by atoms with Gasteiger partial charge in [-0.05, 0) is 26.3 Å². The molecule has 9 heteroatoms. The molecule has 1 aliphatic rings. The summed E-state index contributed by atoms with van der Waals surface area (Å²) in [5.74, 6) is 1.50. The molecule has 3 aromatic rings. The number of non-ortho nitro benzene ring substituents is 1. The number of piperazine rings is 1. The number of urea groups is 1. The van der Waals surface area contributed by atoms with Gasteiger partial charge in [-0.3, -0.25) is 10.1 Å². The number of amides is 2. The van der Waals surface area contributed by atoms with Crippen LogP contribution < -0.4 is 10.2 Å². The highest BCUT2D eigenvalue weighted by Crippen LogP contribution is 2.28. The van der Waals surface area contributed by atoms with Gasteiger partial charge in [0.05, 0.1) is 4.92 Å². The number of carbonyl (C=O) groups is 1. The number of nitrogens with zero attached hydrogens (tertiary/aromatic N) is 5. The average molecular weight is 475 g/mol. The van der Waals surface area contributed by atoms with Crippen LogP contribution >= 0.6 is 0 Å². The van der Waals surface area contributed by atoms with Crippen LogP contribution in [0.25, 0.3) is 11.4 Å². The first-order valence-corrected chi connectivity index (χ1v) is 11.8. The summed E-state index contributed by atoms with van der Waals surface area (Å²) < 4.78 is 0. The summed E-state index contributed by atoms with van der Waals surface area (Å²) in [6.45, 7) is 8.39. The van der Waals surface area contributed by atoms with Crippen molar-refractivity contribution in [2.45, 2.75) is 33.2 Å². The third kappa shape index (κ3) is 5.74. The van der Waals surface area contributed by atoms with Crippen LogP contribution in [0.4, 0.5) is 16.3 Å². The van der Waals surface area contributed by atoms with Crippen molar-refractivity contribution in [1.29, 1.82) is 0 Å². The van der Waals surface area contributed by atoms with Crippen LogP contribution in [0.15, 0.2) is 54.6 Å². The van der Waals surface area contributed by atoms with E-state index >= 15 is 0 Å². The fraction of sp³-hybridized carbons (Fsp3) is 0.346. The zero-order valence-electron chi connectivity index (χ0n) is 20.3. The summed E-state index contributed by atoms with van der Waals surface area (Å²) in [5.41, 5.74) is 3.81. The lowest BCUT2D eigenvalue weighted by Gasteiger charge is -2.36. The molecular weight excluding hydrogens is 444 g/mol. The van der Waals surface area contributed by atoms with Gasteiger partial charge in [-0.15, -0.1) is 0 Å². The zero-order chi connectivity index (χ0) is 24.9. The van der Waals surface area contributed by atoms with Crippen molar-refractivity contribution in [3.8, 4) is 11.4 Å². The van der Waals surface area contributed by atoms with Gasteiger partial charge < -0.3 is 15.1 Å². The summed E-state index contributed by atoms with van der Waals surface area (Å²) in [4.78, 5) is 36.9. The third-order valence-electron chi connectivity index (χ3n) is 6.03. The maximum atomic E-state index is 12.5. The van der Waals surface area contributed by atoms with Crippen LogP contribution in [0.1, 0.15) is 30.7 Å². The lowest BCUT2D eigenvalue weighted by Crippen LogP contribution is -2.53. The quantitative estimate of drug-likeness (QED) is 0.424. The summed E-state index contributed by atoms with van der Waals surface area (Å²) in [6, 6.07) is 16.5. The Morgan fingerprint density at radius 3 is 2.29 bits per heavy atom. The van der Waals surface area contributed by atoms with E-state index in [2.05, 4.69) is 10.2 Å². The smallest absolute Gasteiger partial charge is 0.317 e. The van der Waals surface area contributed by atoms with Crippen LogP contribution in [0.3, 0.4) is 0 Å². The van der Waals surface area contributed by atoms with Crippen molar-refractivity contribution in [2.24, 2.45) is 0 Å². The van der Waals surface area contributed by atoms with Gasteiger partial charge in [0.1, 0.15) is 5.82 Å². The monoisotopic (exact) mass is 474 g/mol. The number of carbonyl (C=O) groups excluding carboxylic acids is 1. The molecule has 1 fully saturated rings. The van der Waals surface area contributed by atoms with E-state index < -0.39 is 4.92 Å². The Balaban J connectivity index is 1.64. The average Bonchev–Trinajstić information content (AvgIpc) is 2.85. The van der Waals surface area contributed by atoms with Gasteiger partial charge in [-0.2, -0.15) is 0 Å². The zero-order valence-corrected chi connectivity index (χ0v) is 20.3. The van der Waals surface area contributed by atoms with Gasteiger partial charge in [-0.1, -0.05) is 42.5 Å². The normalized spacial score (nSPS) is 13.7. The Morgan fingerprint density at radius 2 is 1.69 bits per heavy atom. The first kappa shape index (κ1) is 24.1. The molecule has 0 spiro atoms. The van der Waals surface area contributed by atoms with E-state index in [1.165, 1.54) is 12.1 Å². The molecule has 0 aliphatic carbocycles. The SMILES string of the molecule is Cc1nc(-c2ccccc2)nc(N2CCN(C(=O)NC(C)C)CC2)c1Cc1ccc([N+](=O)[O-])cc1. The van der Waals surface area contributed by atoms with E-state index in [9.17, 15) is 14.9 Å². The Morgan fingerprint density at radius 1 is 1.03 bits per heavy atom. The fourth-order valence-electron chi connectivity index (χ4n) is 4.17. The second kappa shape index (κ2) is 10.5. The number of nitrogens with one attached hydrogen (secondary N) is 1. The molecule has 1 aromatic heterocycles. The minimum Gasteiger partial charge on any atom is -0.353 e. The number of nitro benzene ring substituents is 1. The van der Waals surface area contributed by atoms with Gasteiger partial charge in [0.25, 0.3) is 5.69 Å². The Kier molecular flexibility index (Phi) is 7.24. The summed E-state index contributed by atoms with van der Waals surface area (Å²) >= 11 is 0. The van der Waals surface area contributed by atoms with Crippen molar-refractivity contribution < 1.29 is 9.72 Å². The van der Waals surface area contributed by atoms with Crippen molar-refractivity contribution in [1.82, 2.24) is 20.2 Å². The van der Waals surface area contributed by atoms with Gasteiger partial charge in [0.2, 0.25) is 0 Å². The molecule has 9 nitrogen and oxygen atoms in total. The standard InChI is InChI=1S/C26H30N6O3/c1-18(2)27-26(33)31-15-13-30(14-16-31)25-23(17-20-9-11-22(12-10-20)32(34)35)19(3)28-24(29-25)21-7-5-4-6-8-21/h4-12,18H,13-17H2,1-3H3,(H,27,33). The second-order valence-electron chi connectivity index (χ2n) is 8.98. The van der Waals surface area contributed by atoms with Crippen LogP contribution in [0, 0.1) is 17.0 Å². The number of rotatable bonds is 6. The highest BCUT2D eigenvalue weighted by molar-refractivity contribution is 5.75. The van der Waals surface area contributed by atoms with E-state index in [4.69, 9.17) is 9.97 Å². The fourth-order valence-corrected chi connectivity index (χ4v) is 4.17. The molecule has 0 radical (unpaired) electrons. The Labute approximate surface area is 205 Å². The van der Waals surface area contributed by atoms with Gasteiger partial charge in [0.15, 0.2) is 5.82 Å². The molecule has 0 bridgehead atoms. The number of aromatic nitrogens is 2. The van der Waals surface area contributed by atoms with Crippen LogP contribution in [-0.2, 0) is 6.42 Å². The van der Waals surface area contributed by atoms with Crippen molar-refractivity contribution in [3.63, 3.8) is 0 Å². The maximum Gasteiger partial charge on any atom is 0.317 e. The summed E-state index contributed by atoms with van der Waals surface area (Å²) in [7, 11) is 0. The van der Waals surface area contributed by atoms with E-state index in [0.29, 0.717) is 38.4 Å². The van der Waals surface area contributed by atoms with E-state index in [-0.39, 0.29) is 17.8 Å². The highest BCUT2D eigenvalue weighted by atomic mass is 16.6. The predicted molar refractivity (Wildman–Crippen MR) is 136 cm³/mol. The molecule has 182 valence electrons. The van der Waals surface area contributed by atoms with Gasteiger partial charge in [-0.25, -0.2) is 14.8 Å². The first-order chi connectivity index (χ1) is 16.8. The van der Waals surface area contributed by atoms with E-state index in [1.807, 2.05) is 56.0 Å².